The van der Waals surface area contributed by atoms with Crippen LogP contribution < -0.4 is 0 Å². The molecule has 1 aliphatic rings. The molecular formula is C20H26O8. The van der Waals surface area contributed by atoms with E-state index in [2.05, 4.69) is 0 Å². The summed E-state index contributed by atoms with van der Waals surface area (Å²) in [5, 5.41) is 39.9. The van der Waals surface area contributed by atoms with E-state index in [9.17, 15) is 30.0 Å². The molecule has 0 amide bonds. The molecule has 0 aromatic heterocycles. The molecule has 0 aliphatic heterocycles. The summed E-state index contributed by atoms with van der Waals surface area (Å²) < 4.78 is 10.2. The third-order valence-electron chi connectivity index (χ3n) is 4.54. The van der Waals surface area contributed by atoms with E-state index < -0.39 is 42.3 Å². The average molecular weight is 394 g/mol. The van der Waals surface area contributed by atoms with Crippen LogP contribution in [-0.2, 0) is 19.1 Å². The number of carbonyl (C=O) groups is 2. The lowest BCUT2D eigenvalue weighted by Crippen LogP contribution is -2.57. The molecular weight excluding hydrogens is 368 g/mol. The van der Waals surface area contributed by atoms with E-state index >= 15 is 0 Å². The van der Waals surface area contributed by atoms with Crippen LogP contribution in [0.15, 0.2) is 30.3 Å². The van der Waals surface area contributed by atoms with E-state index in [1.165, 1.54) is 18.2 Å². The molecule has 8 heteroatoms. The molecule has 0 radical (unpaired) electrons. The summed E-state index contributed by atoms with van der Waals surface area (Å²) in [6, 6.07) is 6.08. The van der Waals surface area contributed by atoms with Gasteiger partial charge in [0.1, 0.15) is 18.0 Å². The number of hydrogen-bond acceptors (Lipinski definition) is 8. The molecule has 1 fully saturated rings. The second kappa shape index (κ2) is 9.68. The number of aliphatic hydroxyl groups excluding tert-OH is 2. The molecule has 1 aromatic rings. The van der Waals surface area contributed by atoms with Gasteiger partial charge in [0, 0.05) is 18.9 Å². The Kier molecular flexibility index (Phi) is 7.56. The van der Waals surface area contributed by atoms with Crippen LogP contribution in [0.3, 0.4) is 0 Å². The number of hydrogen-bond donors (Lipinski definition) is 4. The van der Waals surface area contributed by atoms with Crippen LogP contribution in [0.1, 0.15) is 38.2 Å². The molecule has 1 aromatic carbocycles. The van der Waals surface area contributed by atoms with Crippen LogP contribution in [-0.4, -0.2) is 62.9 Å². The zero-order valence-corrected chi connectivity index (χ0v) is 15.7. The summed E-state index contributed by atoms with van der Waals surface area (Å²) in [4.78, 5) is 24.2. The molecule has 0 heterocycles. The minimum Gasteiger partial charge on any atom is -0.508 e. The fourth-order valence-electron chi connectivity index (χ4n) is 2.91. The number of rotatable bonds is 7. The lowest BCUT2D eigenvalue weighted by atomic mass is 9.79. The molecule has 8 nitrogen and oxygen atoms in total. The fourth-order valence-corrected chi connectivity index (χ4v) is 2.91. The fraction of sp³-hybridized carbons (Fsp3) is 0.500. The van der Waals surface area contributed by atoms with Gasteiger partial charge in [-0.25, -0.2) is 9.59 Å². The van der Waals surface area contributed by atoms with Gasteiger partial charge in [-0.1, -0.05) is 25.5 Å². The Morgan fingerprint density at radius 2 is 1.89 bits per heavy atom. The third-order valence-corrected chi connectivity index (χ3v) is 4.54. The third kappa shape index (κ3) is 5.79. The van der Waals surface area contributed by atoms with E-state index in [1.807, 2.05) is 6.92 Å². The monoisotopic (exact) mass is 394 g/mol. The van der Waals surface area contributed by atoms with Crippen molar-refractivity contribution in [1.29, 1.82) is 0 Å². The van der Waals surface area contributed by atoms with Crippen LogP contribution in [0.5, 0.6) is 5.75 Å². The summed E-state index contributed by atoms with van der Waals surface area (Å²) in [5.74, 6) is -1.63. The predicted molar refractivity (Wildman–Crippen MR) is 99.1 cm³/mol. The SMILES string of the molecule is CCCCOC(=O)[C@]1(O)C[C@@H](O)[C@@H](O)[C@H](OC(=O)C=Cc2ccc(O)cc2)C1. The van der Waals surface area contributed by atoms with Gasteiger partial charge in [0.25, 0.3) is 0 Å². The van der Waals surface area contributed by atoms with Gasteiger partial charge in [0.2, 0.25) is 0 Å². The topological polar surface area (TPSA) is 134 Å². The van der Waals surface area contributed by atoms with Gasteiger partial charge in [-0.05, 0) is 30.2 Å². The van der Waals surface area contributed by atoms with Crippen molar-refractivity contribution in [2.24, 2.45) is 0 Å². The van der Waals surface area contributed by atoms with Crippen LogP contribution in [0, 0.1) is 0 Å². The number of phenols is 1. The van der Waals surface area contributed by atoms with Crippen LogP contribution in [0.2, 0.25) is 0 Å². The van der Waals surface area contributed by atoms with Crippen LogP contribution >= 0.6 is 0 Å². The Bertz CT molecular complexity index is 699. The van der Waals surface area contributed by atoms with E-state index in [-0.39, 0.29) is 18.8 Å². The second-order valence-corrected chi connectivity index (χ2v) is 6.89. The first-order valence-corrected chi connectivity index (χ1v) is 9.18. The highest BCUT2D eigenvalue weighted by Gasteiger charge is 2.51. The van der Waals surface area contributed by atoms with Crippen molar-refractivity contribution in [3.05, 3.63) is 35.9 Å². The zero-order valence-electron chi connectivity index (χ0n) is 15.7. The van der Waals surface area contributed by atoms with Gasteiger partial charge in [0.05, 0.1) is 12.7 Å². The van der Waals surface area contributed by atoms with Crippen LogP contribution in [0.25, 0.3) is 6.08 Å². The molecule has 0 bridgehead atoms. The maximum atomic E-state index is 12.2. The summed E-state index contributed by atoms with van der Waals surface area (Å²) in [7, 11) is 0. The minimum absolute atomic E-state index is 0.0872. The number of unbranched alkanes of at least 4 members (excludes halogenated alkanes) is 1. The molecule has 0 unspecified atom stereocenters. The van der Waals surface area contributed by atoms with Gasteiger partial charge in [-0.2, -0.15) is 0 Å². The number of ether oxygens (including phenoxy) is 2. The first-order chi connectivity index (χ1) is 13.2. The number of aliphatic hydroxyl groups is 3. The van der Waals surface area contributed by atoms with E-state index in [0.717, 1.165) is 12.5 Å². The molecule has 1 saturated carbocycles. The van der Waals surface area contributed by atoms with E-state index in [4.69, 9.17) is 9.47 Å². The molecule has 154 valence electrons. The normalized spacial score (nSPS) is 27.5. The molecule has 1 aliphatic carbocycles. The van der Waals surface area contributed by atoms with Gasteiger partial charge >= 0.3 is 11.9 Å². The van der Waals surface area contributed by atoms with Crippen molar-refractivity contribution < 1.29 is 39.5 Å². The van der Waals surface area contributed by atoms with Crippen molar-refractivity contribution in [2.45, 2.75) is 56.5 Å². The minimum atomic E-state index is -2.04. The smallest absolute Gasteiger partial charge is 0.338 e. The standard InChI is InChI=1S/C20H26O8/c1-2-3-10-27-19(25)20(26)11-15(22)18(24)16(12-20)28-17(23)9-6-13-4-7-14(21)8-5-13/h4-9,15-16,18,21-22,24,26H,2-3,10-12H2,1H3/t15-,16-,18-,20+/m1/s1. The van der Waals surface area contributed by atoms with Crippen LogP contribution in [0.4, 0.5) is 0 Å². The van der Waals surface area contributed by atoms with Crippen molar-refractivity contribution in [3.8, 4) is 5.75 Å². The number of aromatic hydroxyl groups is 1. The highest BCUT2D eigenvalue weighted by atomic mass is 16.6. The summed E-state index contributed by atoms with van der Waals surface area (Å²) in [6.45, 7) is 2.06. The zero-order chi connectivity index (χ0) is 20.7. The predicted octanol–water partition coefficient (Wildman–Crippen LogP) is 0.907. The molecule has 4 atom stereocenters. The molecule has 2 rings (SSSR count). The molecule has 4 N–H and O–H groups in total. The number of carbonyl (C=O) groups excluding carboxylic acids is 2. The average Bonchev–Trinajstić information content (AvgIpc) is 2.65. The Hall–Kier alpha value is -2.42. The van der Waals surface area contributed by atoms with Gasteiger partial charge in [0.15, 0.2) is 5.60 Å². The first kappa shape index (κ1) is 21.9. The number of benzene rings is 1. The number of esters is 2. The Balaban J connectivity index is 2.00. The Labute approximate surface area is 163 Å². The van der Waals surface area contributed by atoms with Crippen molar-refractivity contribution >= 4 is 18.0 Å². The van der Waals surface area contributed by atoms with Gasteiger partial charge in [-0.3, -0.25) is 0 Å². The highest BCUT2D eigenvalue weighted by Crippen LogP contribution is 2.32. The maximum absolute atomic E-state index is 12.2. The lowest BCUT2D eigenvalue weighted by Gasteiger charge is -2.39. The quantitative estimate of drug-likeness (QED) is 0.305. The van der Waals surface area contributed by atoms with Gasteiger partial charge < -0.3 is 29.9 Å². The summed E-state index contributed by atoms with van der Waals surface area (Å²) in [5.41, 5.74) is -1.41. The summed E-state index contributed by atoms with van der Waals surface area (Å²) >= 11 is 0. The lowest BCUT2D eigenvalue weighted by molar-refractivity contribution is -0.200. The first-order valence-electron chi connectivity index (χ1n) is 9.18. The van der Waals surface area contributed by atoms with Crippen molar-refractivity contribution in [1.82, 2.24) is 0 Å². The van der Waals surface area contributed by atoms with Crippen molar-refractivity contribution in [2.75, 3.05) is 6.61 Å². The van der Waals surface area contributed by atoms with E-state index in [1.54, 1.807) is 12.1 Å². The Morgan fingerprint density at radius 3 is 2.54 bits per heavy atom. The van der Waals surface area contributed by atoms with E-state index in [0.29, 0.717) is 12.0 Å². The Morgan fingerprint density at radius 1 is 1.21 bits per heavy atom. The second-order valence-electron chi connectivity index (χ2n) is 6.89. The molecule has 28 heavy (non-hydrogen) atoms. The highest BCUT2D eigenvalue weighted by molar-refractivity contribution is 5.87. The molecule has 0 saturated heterocycles. The maximum Gasteiger partial charge on any atom is 0.338 e. The molecule has 0 spiro atoms. The largest absolute Gasteiger partial charge is 0.508 e. The number of phenolic OH excluding ortho intramolecular Hbond substituents is 1. The van der Waals surface area contributed by atoms with Gasteiger partial charge in [-0.15, -0.1) is 0 Å². The van der Waals surface area contributed by atoms with Crippen molar-refractivity contribution in [3.63, 3.8) is 0 Å². The summed E-state index contributed by atoms with van der Waals surface area (Å²) in [6.07, 6.45) is -0.952.